The van der Waals surface area contributed by atoms with Gasteiger partial charge in [0.2, 0.25) is 0 Å². The van der Waals surface area contributed by atoms with Gasteiger partial charge in [-0.15, -0.1) is 0 Å². The Hall–Kier alpha value is -1.56. The number of aliphatic imine (C=N–C) groups is 1. The van der Waals surface area contributed by atoms with Crippen molar-refractivity contribution in [2.24, 2.45) is 12.0 Å². The van der Waals surface area contributed by atoms with E-state index in [1.54, 1.807) is 7.11 Å². The highest BCUT2D eigenvalue weighted by molar-refractivity contribution is 5.79. The number of hydrogen-bond donors (Lipinski definition) is 2. The van der Waals surface area contributed by atoms with Crippen LogP contribution >= 0.6 is 0 Å². The average Bonchev–Trinajstić information content (AvgIpc) is 2.80. The molecule has 0 aliphatic rings. The maximum atomic E-state index is 5.01. The molecule has 108 valence electrons. The molecule has 1 aromatic heterocycles. The molecule has 1 aromatic rings. The smallest absolute Gasteiger partial charge is 0.191 e. The van der Waals surface area contributed by atoms with Gasteiger partial charge < -0.3 is 15.4 Å². The highest BCUT2D eigenvalue weighted by atomic mass is 16.5. The molecule has 1 heterocycles. The fourth-order valence-corrected chi connectivity index (χ4v) is 1.67. The minimum absolute atomic E-state index is 0.749. The van der Waals surface area contributed by atoms with Crippen molar-refractivity contribution in [3.8, 4) is 0 Å². The van der Waals surface area contributed by atoms with E-state index in [9.17, 15) is 0 Å². The maximum absolute atomic E-state index is 5.01. The summed E-state index contributed by atoms with van der Waals surface area (Å²) in [4.78, 5) is 4.48. The Kier molecular flexibility index (Phi) is 7.65. The molecule has 6 nitrogen and oxygen atoms in total. The fourth-order valence-electron chi connectivity index (χ4n) is 1.67. The van der Waals surface area contributed by atoms with Crippen molar-refractivity contribution in [1.82, 2.24) is 20.4 Å². The molecule has 0 atom stereocenters. The van der Waals surface area contributed by atoms with E-state index >= 15 is 0 Å². The molecule has 6 heteroatoms. The number of hydrogen-bond acceptors (Lipinski definition) is 3. The van der Waals surface area contributed by atoms with Crippen molar-refractivity contribution in [2.45, 2.75) is 19.8 Å². The third kappa shape index (κ3) is 6.81. The first kappa shape index (κ1) is 15.5. The van der Waals surface area contributed by atoms with Crippen molar-refractivity contribution < 1.29 is 4.74 Å². The molecule has 0 unspecified atom stereocenters. The second-order valence-electron chi connectivity index (χ2n) is 4.31. The molecule has 0 bridgehead atoms. The monoisotopic (exact) mass is 267 g/mol. The van der Waals surface area contributed by atoms with Crippen LogP contribution in [0.25, 0.3) is 0 Å². The summed E-state index contributed by atoms with van der Waals surface area (Å²) < 4.78 is 6.82. The Morgan fingerprint density at radius 2 is 2.32 bits per heavy atom. The summed E-state index contributed by atoms with van der Waals surface area (Å²) in [5, 5.41) is 10.7. The van der Waals surface area contributed by atoms with Gasteiger partial charge >= 0.3 is 0 Å². The highest BCUT2D eigenvalue weighted by Gasteiger charge is 1.99. The van der Waals surface area contributed by atoms with E-state index in [0.717, 1.165) is 45.0 Å². The van der Waals surface area contributed by atoms with Crippen LogP contribution < -0.4 is 10.6 Å². The van der Waals surface area contributed by atoms with Crippen LogP contribution in [-0.2, 0) is 18.2 Å². The standard InChI is InChI=1S/C13H25N5O/c1-4-14-13(15-7-5-9-19-3)16-8-6-12-10-17-18(2)11-12/h10-11H,4-9H2,1-3H3,(H2,14,15,16). The largest absolute Gasteiger partial charge is 0.385 e. The number of ether oxygens (including phenoxy) is 1. The van der Waals surface area contributed by atoms with Gasteiger partial charge in [-0.05, 0) is 25.3 Å². The van der Waals surface area contributed by atoms with Crippen LogP contribution in [0.4, 0.5) is 0 Å². The van der Waals surface area contributed by atoms with Gasteiger partial charge in [-0.2, -0.15) is 5.10 Å². The fraction of sp³-hybridized carbons (Fsp3) is 0.692. The minimum Gasteiger partial charge on any atom is -0.385 e. The van der Waals surface area contributed by atoms with Crippen LogP contribution in [0.15, 0.2) is 17.4 Å². The second kappa shape index (κ2) is 9.38. The van der Waals surface area contributed by atoms with E-state index in [-0.39, 0.29) is 0 Å². The van der Waals surface area contributed by atoms with E-state index in [0.29, 0.717) is 0 Å². The Balaban J connectivity index is 2.28. The quantitative estimate of drug-likeness (QED) is 0.410. The Bertz CT molecular complexity index is 375. The summed E-state index contributed by atoms with van der Waals surface area (Å²) in [6, 6.07) is 0. The predicted molar refractivity (Wildman–Crippen MR) is 77.4 cm³/mol. The van der Waals surface area contributed by atoms with Crippen molar-refractivity contribution >= 4 is 5.96 Å². The molecule has 0 aromatic carbocycles. The number of rotatable bonds is 8. The van der Waals surface area contributed by atoms with Gasteiger partial charge in [0.25, 0.3) is 0 Å². The maximum Gasteiger partial charge on any atom is 0.191 e. The van der Waals surface area contributed by atoms with Gasteiger partial charge in [0.1, 0.15) is 0 Å². The van der Waals surface area contributed by atoms with Crippen LogP contribution in [0.3, 0.4) is 0 Å². The first-order valence-corrected chi connectivity index (χ1v) is 6.75. The third-order valence-corrected chi connectivity index (χ3v) is 2.59. The SMILES string of the molecule is CCNC(=NCCCOC)NCCc1cnn(C)c1. The van der Waals surface area contributed by atoms with Crippen molar-refractivity contribution in [1.29, 1.82) is 0 Å². The summed E-state index contributed by atoms with van der Waals surface area (Å²) in [6.07, 6.45) is 5.81. The number of aromatic nitrogens is 2. The first-order chi connectivity index (χ1) is 9.26. The van der Waals surface area contributed by atoms with Crippen LogP contribution in [-0.4, -0.2) is 49.1 Å². The topological polar surface area (TPSA) is 63.5 Å². The Morgan fingerprint density at radius 3 is 2.95 bits per heavy atom. The first-order valence-electron chi connectivity index (χ1n) is 6.75. The van der Waals surface area contributed by atoms with Gasteiger partial charge in [0, 0.05) is 46.6 Å². The molecular weight excluding hydrogens is 242 g/mol. The molecule has 0 saturated heterocycles. The van der Waals surface area contributed by atoms with Crippen LogP contribution in [0.1, 0.15) is 18.9 Å². The summed E-state index contributed by atoms with van der Waals surface area (Å²) in [6.45, 7) is 5.30. The molecule has 0 aliphatic heterocycles. The van der Waals surface area contributed by atoms with Crippen molar-refractivity contribution in [3.05, 3.63) is 18.0 Å². The van der Waals surface area contributed by atoms with Crippen LogP contribution in [0.5, 0.6) is 0 Å². The number of nitrogens with zero attached hydrogens (tertiary/aromatic N) is 3. The van der Waals surface area contributed by atoms with Gasteiger partial charge in [-0.25, -0.2) is 0 Å². The molecule has 19 heavy (non-hydrogen) atoms. The molecule has 0 radical (unpaired) electrons. The second-order valence-corrected chi connectivity index (χ2v) is 4.31. The molecule has 0 fully saturated rings. The van der Waals surface area contributed by atoms with Gasteiger partial charge in [0.05, 0.1) is 6.20 Å². The van der Waals surface area contributed by atoms with Crippen LogP contribution in [0, 0.1) is 0 Å². The lowest BCUT2D eigenvalue weighted by molar-refractivity contribution is 0.197. The third-order valence-electron chi connectivity index (χ3n) is 2.59. The Labute approximate surface area is 115 Å². The molecule has 0 amide bonds. The molecular formula is C13H25N5O. The highest BCUT2D eigenvalue weighted by Crippen LogP contribution is 1.95. The molecule has 0 spiro atoms. The van der Waals surface area contributed by atoms with Crippen LogP contribution in [0.2, 0.25) is 0 Å². The van der Waals surface area contributed by atoms with Gasteiger partial charge in [-0.1, -0.05) is 0 Å². The number of nitrogens with one attached hydrogen (secondary N) is 2. The number of methoxy groups -OCH3 is 1. The summed E-state index contributed by atoms with van der Waals surface area (Å²) >= 11 is 0. The van der Waals surface area contributed by atoms with E-state index in [1.165, 1.54) is 5.56 Å². The zero-order valence-electron chi connectivity index (χ0n) is 12.1. The molecule has 0 saturated carbocycles. The van der Waals surface area contributed by atoms with Crippen molar-refractivity contribution in [3.63, 3.8) is 0 Å². The lowest BCUT2D eigenvalue weighted by Gasteiger charge is -2.10. The summed E-state index contributed by atoms with van der Waals surface area (Å²) in [7, 11) is 3.64. The van der Waals surface area contributed by atoms with Gasteiger partial charge in [-0.3, -0.25) is 9.67 Å². The normalized spacial score (nSPS) is 11.6. The van der Waals surface area contributed by atoms with Gasteiger partial charge in [0.15, 0.2) is 5.96 Å². The van der Waals surface area contributed by atoms with E-state index in [2.05, 4.69) is 27.6 Å². The lowest BCUT2D eigenvalue weighted by Crippen LogP contribution is -2.38. The predicted octanol–water partition coefficient (Wildman–Crippen LogP) is 0.554. The summed E-state index contributed by atoms with van der Waals surface area (Å²) in [5.41, 5.74) is 1.23. The van der Waals surface area contributed by atoms with E-state index < -0.39 is 0 Å². The molecule has 1 rings (SSSR count). The lowest BCUT2D eigenvalue weighted by atomic mass is 10.2. The Morgan fingerprint density at radius 1 is 1.47 bits per heavy atom. The summed E-state index contributed by atoms with van der Waals surface area (Å²) in [5.74, 6) is 0.863. The average molecular weight is 267 g/mol. The number of aryl methyl sites for hydroxylation is 1. The zero-order valence-corrected chi connectivity index (χ0v) is 12.1. The van der Waals surface area contributed by atoms with Crippen molar-refractivity contribution in [2.75, 3.05) is 33.4 Å². The molecule has 0 aliphatic carbocycles. The van der Waals surface area contributed by atoms with E-state index in [1.807, 2.05) is 24.1 Å². The number of guanidine groups is 1. The van der Waals surface area contributed by atoms with E-state index in [4.69, 9.17) is 4.74 Å². The minimum atomic E-state index is 0.749. The molecule has 2 N–H and O–H groups in total. The zero-order chi connectivity index (χ0) is 13.9.